The van der Waals surface area contributed by atoms with Crippen LogP contribution in [0.1, 0.15) is 35.7 Å². The van der Waals surface area contributed by atoms with Crippen LogP contribution >= 0.6 is 11.6 Å². The number of hydrogen-bond acceptors (Lipinski definition) is 1. The second-order valence-electron chi connectivity index (χ2n) is 4.00. The molecule has 0 fully saturated rings. The topological polar surface area (TPSA) is 29.1 Å². The maximum absolute atomic E-state index is 12.0. The van der Waals surface area contributed by atoms with Crippen LogP contribution in [0.2, 0.25) is 5.02 Å². The van der Waals surface area contributed by atoms with Gasteiger partial charge < -0.3 is 5.32 Å². The zero-order chi connectivity index (χ0) is 12.8. The highest BCUT2D eigenvalue weighted by atomic mass is 35.5. The van der Waals surface area contributed by atoms with Crippen molar-refractivity contribution in [1.82, 2.24) is 5.32 Å². The summed E-state index contributed by atoms with van der Waals surface area (Å²) in [5.74, 6) is 2.43. The lowest BCUT2D eigenvalue weighted by atomic mass is 10.1. The van der Waals surface area contributed by atoms with Crippen LogP contribution in [0.5, 0.6) is 0 Å². The highest BCUT2D eigenvalue weighted by molar-refractivity contribution is 6.31. The molecule has 3 heteroatoms. The molecule has 0 aliphatic carbocycles. The first kappa shape index (κ1) is 13.6. The lowest BCUT2D eigenvalue weighted by Gasteiger charge is -2.14. The van der Waals surface area contributed by atoms with E-state index in [-0.39, 0.29) is 11.9 Å². The third-order valence-corrected chi connectivity index (χ3v) is 2.71. The van der Waals surface area contributed by atoms with E-state index in [0.717, 1.165) is 12.0 Å². The van der Waals surface area contributed by atoms with E-state index < -0.39 is 0 Å². The first-order valence-corrected chi connectivity index (χ1v) is 5.96. The summed E-state index contributed by atoms with van der Waals surface area (Å²) in [6.45, 7) is 3.90. The van der Waals surface area contributed by atoms with Gasteiger partial charge in [0.05, 0.1) is 0 Å². The van der Waals surface area contributed by atoms with E-state index >= 15 is 0 Å². The molecule has 0 aliphatic rings. The first-order chi connectivity index (χ1) is 8.06. The van der Waals surface area contributed by atoms with Crippen LogP contribution < -0.4 is 5.32 Å². The van der Waals surface area contributed by atoms with E-state index in [1.807, 2.05) is 26.0 Å². The van der Waals surface area contributed by atoms with Crippen LogP contribution in [0.4, 0.5) is 0 Å². The van der Waals surface area contributed by atoms with Crippen LogP contribution in [0.3, 0.4) is 0 Å². The monoisotopic (exact) mass is 249 g/mol. The summed E-state index contributed by atoms with van der Waals surface area (Å²) in [5, 5.41) is 3.47. The van der Waals surface area contributed by atoms with Gasteiger partial charge in [0, 0.05) is 23.0 Å². The van der Waals surface area contributed by atoms with Gasteiger partial charge in [-0.05, 0) is 37.1 Å². The fraction of sp³-hybridized carbons (Fsp3) is 0.357. The number of carbonyl (C=O) groups excluding carboxylic acids is 1. The Bertz CT molecular complexity index is 428. The zero-order valence-corrected chi connectivity index (χ0v) is 10.8. The number of rotatable bonds is 4. The summed E-state index contributed by atoms with van der Waals surface area (Å²) in [5.41, 5.74) is 1.54. The number of nitrogens with one attached hydrogen (secondary N) is 1. The van der Waals surface area contributed by atoms with Gasteiger partial charge in [0.1, 0.15) is 0 Å². The lowest BCUT2D eigenvalue weighted by molar-refractivity contribution is 0.0936. The number of halogens is 1. The third-order valence-electron chi connectivity index (χ3n) is 2.50. The Balaban J connectivity index is 2.79. The van der Waals surface area contributed by atoms with Gasteiger partial charge in [0.2, 0.25) is 0 Å². The summed E-state index contributed by atoms with van der Waals surface area (Å²) in [7, 11) is 0. The molecule has 0 heterocycles. The Labute approximate surface area is 107 Å². The molecule has 0 aliphatic heterocycles. The Morgan fingerprint density at radius 2 is 2.24 bits per heavy atom. The maximum atomic E-state index is 12.0. The molecule has 0 aromatic heterocycles. The summed E-state index contributed by atoms with van der Waals surface area (Å²) < 4.78 is 0. The van der Waals surface area contributed by atoms with Crippen molar-refractivity contribution in [2.45, 2.75) is 32.7 Å². The van der Waals surface area contributed by atoms with Crippen molar-refractivity contribution in [1.29, 1.82) is 0 Å². The highest BCUT2D eigenvalue weighted by Gasteiger charge is 2.11. The Hall–Kier alpha value is -1.46. The van der Waals surface area contributed by atoms with Crippen LogP contribution in [-0.2, 0) is 0 Å². The molecule has 1 atom stereocenters. The molecule has 0 radical (unpaired) electrons. The predicted molar refractivity (Wildman–Crippen MR) is 71.2 cm³/mol. The van der Waals surface area contributed by atoms with Crippen molar-refractivity contribution in [2.24, 2.45) is 0 Å². The van der Waals surface area contributed by atoms with E-state index in [0.29, 0.717) is 17.0 Å². The van der Waals surface area contributed by atoms with Gasteiger partial charge in [0.15, 0.2) is 0 Å². The van der Waals surface area contributed by atoms with Crippen molar-refractivity contribution >= 4 is 17.5 Å². The summed E-state index contributed by atoms with van der Waals surface area (Å²) >= 11 is 5.91. The molecular formula is C14H16ClNO. The quantitative estimate of drug-likeness (QED) is 0.816. The van der Waals surface area contributed by atoms with Crippen LogP contribution in [0.15, 0.2) is 18.2 Å². The molecule has 0 bridgehead atoms. The number of hydrogen-bond donors (Lipinski definition) is 1. The molecule has 1 N–H and O–H groups in total. The van der Waals surface area contributed by atoms with E-state index in [4.69, 9.17) is 18.0 Å². The van der Waals surface area contributed by atoms with Crippen LogP contribution in [0, 0.1) is 19.3 Å². The minimum atomic E-state index is -0.127. The second-order valence-corrected chi connectivity index (χ2v) is 4.44. The fourth-order valence-corrected chi connectivity index (χ4v) is 1.87. The van der Waals surface area contributed by atoms with Crippen molar-refractivity contribution in [3.8, 4) is 12.3 Å². The maximum Gasteiger partial charge on any atom is 0.251 e. The zero-order valence-electron chi connectivity index (χ0n) is 10.1. The molecule has 0 saturated carbocycles. The van der Waals surface area contributed by atoms with Gasteiger partial charge in [-0.15, -0.1) is 12.3 Å². The molecule has 17 heavy (non-hydrogen) atoms. The molecule has 1 amide bonds. The van der Waals surface area contributed by atoms with Gasteiger partial charge in [0.25, 0.3) is 5.91 Å². The fourth-order valence-electron chi connectivity index (χ4n) is 1.58. The molecule has 0 spiro atoms. The molecule has 0 saturated heterocycles. The normalized spacial score (nSPS) is 11.6. The minimum absolute atomic E-state index is 0.0202. The van der Waals surface area contributed by atoms with E-state index in [9.17, 15) is 4.79 Å². The first-order valence-electron chi connectivity index (χ1n) is 5.58. The van der Waals surface area contributed by atoms with E-state index in [2.05, 4.69) is 11.2 Å². The van der Waals surface area contributed by atoms with Crippen LogP contribution in [-0.4, -0.2) is 11.9 Å². The number of carbonyl (C=O) groups is 1. The number of terminal acetylenes is 1. The molecular weight excluding hydrogens is 234 g/mol. The van der Waals surface area contributed by atoms with Crippen molar-refractivity contribution in [2.75, 3.05) is 0 Å². The largest absolute Gasteiger partial charge is 0.348 e. The Morgan fingerprint density at radius 1 is 1.53 bits per heavy atom. The predicted octanol–water partition coefficient (Wildman–Crippen LogP) is 3.18. The molecule has 1 aromatic carbocycles. The third kappa shape index (κ3) is 4.13. The lowest BCUT2D eigenvalue weighted by Crippen LogP contribution is -2.34. The average Bonchev–Trinajstić information content (AvgIpc) is 2.27. The molecule has 1 unspecified atom stereocenters. The van der Waals surface area contributed by atoms with Crippen LogP contribution in [0.25, 0.3) is 0 Å². The smallest absolute Gasteiger partial charge is 0.251 e. The van der Waals surface area contributed by atoms with Gasteiger partial charge in [-0.3, -0.25) is 4.79 Å². The van der Waals surface area contributed by atoms with Gasteiger partial charge in [-0.25, -0.2) is 0 Å². The van der Waals surface area contributed by atoms with Gasteiger partial charge in [-0.1, -0.05) is 18.5 Å². The number of benzene rings is 1. The summed E-state index contributed by atoms with van der Waals surface area (Å²) in [6, 6.07) is 5.31. The Morgan fingerprint density at radius 3 is 2.76 bits per heavy atom. The standard InChI is InChI=1S/C14H16ClNO/c1-4-6-13(5-2)16-14(17)11-7-10(3)8-12(15)9-11/h1,7-9,13H,5-6H2,2-3H3,(H,16,17). The molecule has 1 aromatic rings. The van der Waals surface area contributed by atoms with Crippen molar-refractivity contribution in [3.05, 3.63) is 34.3 Å². The van der Waals surface area contributed by atoms with Crippen molar-refractivity contribution < 1.29 is 4.79 Å². The van der Waals surface area contributed by atoms with Crippen molar-refractivity contribution in [3.63, 3.8) is 0 Å². The molecule has 90 valence electrons. The summed E-state index contributed by atoms with van der Waals surface area (Å²) in [4.78, 5) is 12.0. The van der Waals surface area contributed by atoms with E-state index in [1.54, 1.807) is 6.07 Å². The van der Waals surface area contributed by atoms with Gasteiger partial charge in [-0.2, -0.15) is 0 Å². The molecule has 1 rings (SSSR count). The average molecular weight is 250 g/mol. The highest BCUT2D eigenvalue weighted by Crippen LogP contribution is 2.14. The van der Waals surface area contributed by atoms with E-state index in [1.165, 1.54) is 0 Å². The minimum Gasteiger partial charge on any atom is -0.348 e. The summed E-state index contributed by atoms with van der Waals surface area (Å²) in [6.07, 6.45) is 6.60. The molecule has 2 nitrogen and oxygen atoms in total. The SMILES string of the molecule is C#CCC(CC)NC(=O)c1cc(C)cc(Cl)c1. The second kappa shape index (κ2) is 6.32. The number of aryl methyl sites for hydroxylation is 1. The Kier molecular flexibility index (Phi) is 5.06. The van der Waals surface area contributed by atoms with Gasteiger partial charge >= 0.3 is 0 Å². The number of amides is 1.